The highest BCUT2D eigenvalue weighted by molar-refractivity contribution is 5.25. The molecule has 0 aromatic rings. The second kappa shape index (κ2) is 3.09. The minimum atomic E-state index is -4.64. The van der Waals surface area contributed by atoms with Gasteiger partial charge in [0.25, 0.3) is 0 Å². The predicted octanol–water partition coefficient (Wildman–Crippen LogP) is 1.40. The van der Waals surface area contributed by atoms with Crippen molar-refractivity contribution in [2.45, 2.75) is 18.3 Å². The molecule has 1 aliphatic rings. The molecular formula is C7H6F3NO3. The second-order valence-corrected chi connectivity index (χ2v) is 2.86. The Morgan fingerprint density at radius 2 is 2.14 bits per heavy atom. The molecule has 0 fully saturated rings. The molecule has 0 spiro atoms. The lowest BCUT2D eigenvalue weighted by molar-refractivity contribution is -0.608. The lowest BCUT2D eigenvalue weighted by Crippen LogP contribution is -2.39. The van der Waals surface area contributed by atoms with Gasteiger partial charge in [-0.05, 0) is 0 Å². The molecule has 1 N–H and O–H groups in total. The summed E-state index contributed by atoms with van der Waals surface area (Å²) in [5.74, 6) is 0. The highest BCUT2D eigenvalue weighted by Crippen LogP contribution is 2.35. The Labute approximate surface area is 76.5 Å². The zero-order chi connectivity index (χ0) is 11.0. The van der Waals surface area contributed by atoms with Gasteiger partial charge >= 0.3 is 11.9 Å². The molecular weight excluding hydrogens is 203 g/mol. The molecule has 0 heterocycles. The molecule has 78 valence electrons. The molecule has 0 saturated heterocycles. The van der Waals surface area contributed by atoms with Crippen LogP contribution in [0.2, 0.25) is 0 Å². The first-order valence-corrected chi connectivity index (χ1v) is 3.58. The number of nitro groups is 1. The highest BCUT2D eigenvalue weighted by Gasteiger charge is 2.46. The van der Waals surface area contributed by atoms with Crippen LogP contribution >= 0.6 is 0 Å². The Morgan fingerprint density at radius 3 is 2.57 bits per heavy atom. The van der Waals surface area contributed by atoms with Crippen molar-refractivity contribution in [2.75, 3.05) is 0 Å². The molecule has 0 aromatic heterocycles. The zero-order valence-corrected chi connectivity index (χ0v) is 6.78. The van der Waals surface area contributed by atoms with Crippen molar-refractivity contribution in [2.24, 2.45) is 0 Å². The van der Waals surface area contributed by atoms with Gasteiger partial charge in [0.2, 0.25) is 0 Å². The quantitative estimate of drug-likeness (QED) is 0.403. The van der Waals surface area contributed by atoms with Crippen LogP contribution in [0.25, 0.3) is 0 Å². The highest BCUT2D eigenvalue weighted by atomic mass is 19.4. The van der Waals surface area contributed by atoms with Gasteiger partial charge in [-0.1, -0.05) is 12.2 Å². The van der Waals surface area contributed by atoms with E-state index in [-0.39, 0.29) is 0 Å². The van der Waals surface area contributed by atoms with Crippen molar-refractivity contribution in [3.05, 3.63) is 33.9 Å². The molecule has 0 aromatic carbocycles. The predicted molar refractivity (Wildman–Crippen MR) is 39.8 cm³/mol. The van der Waals surface area contributed by atoms with E-state index < -0.39 is 28.8 Å². The summed E-state index contributed by atoms with van der Waals surface area (Å²) in [4.78, 5) is 9.11. The Hall–Kier alpha value is -1.37. The van der Waals surface area contributed by atoms with E-state index in [1.807, 2.05) is 0 Å². The van der Waals surface area contributed by atoms with Gasteiger partial charge in [-0.25, -0.2) is 0 Å². The number of nitrogens with zero attached hydrogens (tertiary/aromatic N) is 1. The molecule has 1 rings (SSSR count). The number of hydrogen-bond acceptors (Lipinski definition) is 3. The number of hydrogen-bond donors (Lipinski definition) is 1. The fourth-order valence-electron chi connectivity index (χ4n) is 1.04. The van der Waals surface area contributed by atoms with Gasteiger partial charge in [-0.3, -0.25) is 10.1 Å². The standard InChI is InChI=1S/C7H6F3NO3/c8-7(9,10)5-2-1-3-6(12,4-5)11(13)14/h1-3,12H,4H2. The van der Waals surface area contributed by atoms with E-state index in [1.54, 1.807) is 0 Å². The first-order valence-electron chi connectivity index (χ1n) is 3.58. The van der Waals surface area contributed by atoms with E-state index in [4.69, 9.17) is 5.11 Å². The maximum absolute atomic E-state index is 12.1. The fraction of sp³-hybridized carbons (Fsp3) is 0.429. The van der Waals surface area contributed by atoms with Crippen LogP contribution in [0.4, 0.5) is 13.2 Å². The summed E-state index contributed by atoms with van der Waals surface area (Å²) >= 11 is 0. The van der Waals surface area contributed by atoms with E-state index in [9.17, 15) is 23.3 Å². The van der Waals surface area contributed by atoms with Crippen molar-refractivity contribution in [1.29, 1.82) is 0 Å². The van der Waals surface area contributed by atoms with Crippen LogP contribution in [-0.4, -0.2) is 21.9 Å². The molecule has 0 amide bonds. The van der Waals surface area contributed by atoms with Crippen LogP contribution in [0.1, 0.15) is 6.42 Å². The molecule has 4 nitrogen and oxygen atoms in total. The maximum Gasteiger partial charge on any atom is 0.413 e. The van der Waals surface area contributed by atoms with Gasteiger partial charge in [0.15, 0.2) is 0 Å². The Kier molecular flexibility index (Phi) is 2.36. The summed E-state index contributed by atoms with van der Waals surface area (Å²) in [7, 11) is 0. The van der Waals surface area contributed by atoms with E-state index in [2.05, 4.69) is 0 Å². The van der Waals surface area contributed by atoms with Crippen molar-refractivity contribution < 1.29 is 23.2 Å². The van der Waals surface area contributed by atoms with Gasteiger partial charge in [-0.15, -0.1) is 0 Å². The molecule has 1 atom stereocenters. The van der Waals surface area contributed by atoms with E-state index >= 15 is 0 Å². The molecule has 7 heteroatoms. The second-order valence-electron chi connectivity index (χ2n) is 2.86. The Morgan fingerprint density at radius 1 is 1.57 bits per heavy atom. The molecule has 0 radical (unpaired) electrons. The fourth-order valence-corrected chi connectivity index (χ4v) is 1.04. The molecule has 1 unspecified atom stereocenters. The molecule has 0 aliphatic heterocycles. The third-order valence-electron chi connectivity index (χ3n) is 1.79. The summed E-state index contributed by atoms with van der Waals surface area (Å²) in [5, 5.41) is 19.4. The average molecular weight is 209 g/mol. The van der Waals surface area contributed by atoms with Crippen LogP contribution in [0, 0.1) is 10.1 Å². The number of allylic oxidation sites excluding steroid dienone is 2. The first-order chi connectivity index (χ1) is 6.26. The molecule has 0 bridgehead atoms. The minimum absolute atomic E-state index is 0.706. The summed E-state index contributed by atoms with van der Waals surface area (Å²) in [5.41, 5.74) is -3.75. The van der Waals surface area contributed by atoms with Crippen LogP contribution < -0.4 is 0 Å². The van der Waals surface area contributed by atoms with Gasteiger partial charge < -0.3 is 5.11 Å². The average Bonchev–Trinajstić information content (AvgIpc) is 2.02. The van der Waals surface area contributed by atoms with Crippen LogP contribution in [0.15, 0.2) is 23.8 Å². The van der Waals surface area contributed by atoms with Crippen molar-refractivity contribution in [3.63, 3.8) is 0 Å². The third-order valence-corrected chi connectivity index (χ3v) is 1.79. The minimum Gasteiger partial charge on any atom is -0.327 e. The molecule has 14 heavy (non-hydrogen) atoms. The van der Waals surface area contributed by atoms with Crippen molar-refractivity contribution in [1.82, 2.24) is 0 Å². The summed E-state index contributed by atoms with van der Waals surface area (Å²) in [6.07, 6.45) is -3.44. The van der Waals surface area contributed by atoms with Crippen molar-refractivity contribution in [3.8, 4) is 0 Å². The zero-order valence-electron chi connectivity index (χ0n) is 6.78. The topological polar surface area (TPSA) is 63.4 Å². The van der Waals surface area contributed by atoms with E-state index in [0.29, 0.717) is 6.08 Å². The summed E-state index contributed by atoms with van der Waals surface area (Å²) in [6, 6.07) is 0. The van der Waals surface area contributed by atoms with E-state index in [1.165, 1.54) is 0 Å². The van der Waals surface area contributed by atoms with Crippen LogP contribution in [0.3, 0.4) is 0 Å². The summed E-state index contributed by atoms with van der Waals surface area (Å²) in [6.45, 7) is 0. The lowest BCUT2D eigenvalue weighted by Gasteiger charge is -2.21. The third kappa shape index (κ3) is 1.92. The van der Waals surface area contributed by atoms with Crippen molar-refractivity contribution >= 4 is 0 Å². The van der Waals surface area contributed by atoms with Crippen LogP contribution in [0.5, 0.6) is 0 Å². The summed E-state index contributed by atoms with van der Waals surface area (Å²) < 4.78 is 36.3. The molecule has 1 aliphatic carbocycles. The number of rotatable bonds is 1. The molecule has 0 saturated carbocycles. The van der Waals surface area contributed by atoms with Gasteiger partial charge in [-0.2, -0.15) is 13.2 Å². The Bertz CT molecular complexity index is 321. The van der Waals surface area contributed by atoms with E-state index in [0.717, 1.165) is 12.2 Å². The van der Waals surface area contributed by atoms with Gasteiger partial charge in [0.1, 0.15) is 0 Å². The lowest BCUT2D eigenvalue weighted by atomic mass is 9.97. The first kappa shape index (κ1) is 10.7. The number of halogens is 3. The van der Waals surface area contributed by atoms with Gasteiger partial charge in [0, 0.05) is 11.6 Å². The SMILES string of the molecule is O=[N+]([O-])C1(O)C=CC=C(C(F)(F)F)C1. The smallest absolute Gasteiger partial charge is 0.327 e. The Balaban J connectivity index is 2.95. The van der Waals surface area contributed by atoms with Crippen LogP contribution in [-0.2, 0) is 0 Å². The number of alkyl halides is 3. The maximum atomic E-state index is 12.1. The van der Waals surface area contributed by atoms with Gasteiger partial charge in [0.05, 0.1) is 11.3 Å². The monoisotopic (exact) mass is 209 g/mol. The normalized spacial score (nSPS) is 27.3. The largest absolute Gasteiger partial charge is 0.413 e. The number of aliphatic hydroxyl groups is 1.